The van der Waals surface area contributed by atoms with Gasteiger partial charge in [0.1, 0.15) is 11.5 Å². The molecule has 2 aliphatic heterocycles. The lowest BCUT2D eigenvalue weighted by atomic mass is 9.94. The van der Waals surface area contributed by atoms with Gasteiger partial charge in [0.25, 0.3) is 0 Å². The minimum absolute atomic E-state index is 0.210. The fourth-order valence-corrected chi connectivity index (χ4v) is 4.75. The number of hydrogen-bond acceptors (Lipinski definition) is 5. The van der Waals surface area contributed by atoms with Gasteiger partial charge in [0.05, 0.1) is 36.0 Å². The Morgan fingerprint density at radius 1 is 1.11 bits per heavy atom. The molecule has 7 heteroatoms. The second-order valence-corrected chi connectivity index (χ2v) is 8.56. The molecule has 2 aromatic rings. The minimum atomic E-state index is 0.210. The van der Waals surface area contributed by atoms with Crippen molar-refractivity contribution in [2.45, 2.75) is 56.4 Å². The van der Waals surface area contributed by atoms with Crippen molar-refractivity contribution in [1.29, 1.82) is 0 Å². The number of fused-ring (bicyclic) bond motifs is 2. The second kappa shape index (κ2) is 7.37. The summed E-state index contributed by atoms with van der Waals surface area (Å²) in [6.45, 7) is 1.99. The molecule has 0 amide bonds. The van der Waals surface area contributed by atoms with E-state index in [4.69, 9.17) is 37.2 Å². The number of halogens is 2. The van der Waals surface area contributed by atoms with E-state index in [1.54, 1.807) is 0 Å². The summed E-state index contributed by atoms with van der Waals surface area (Å²) in [4.78, 5) is 0. The lowest BCUT2D eigenvalue weighted by molar-refractivity contribution is -0.0542. The molecule has 144 valence electrons. The molecule has 0 radical (unpaired) electrons. The first-order valence-corrected chi connectivity index (χ1v) is 10.3. The summed E-state index contributed by atoms with van der Waals surface area (Å²) in [5.74, 6) is 1.37. The van der Waals surface area contributed by atoms with Crippen molar-refractivity contribution in [3.05, 3.63) is 39.6 Å². The number of nitrogens with one attached hydrogen (secondary N) is 1. The van der Waals surface area contributed by atoms with Crippen molar-refractivity contribution in [3.63, 3.8) is 0 Å². The van der Waals surface area contributed by atoms with Gasteiger partial charge in [0, 0.05) is 29.1 Å². The Morgan fingerprint density at radius 3 is 2.48 bits per heavy atom. The summed E-state index contributed by atoms with van der Waals surface area (Å²) in [5.41, 5.74) is 2.43. The molecule has 0 spiro atoms. The summed E-state index contributed by atoms with van der Waals surface area (Å²) < 4.78 is 17.7. The average Bonchev–Trinajstić information content (AvgIpc) is 3.41. The predicted octanol–water partition coefficient (Wildman–Crippen LogP) is 4.56. The molecule has 1 saturated carbocycles. The van der Waals surface area contributed by atoms with Crippen LogP contribution in [0.3, 0.4) is 0 Å². The Labute approximate surface area is 168 Å². The molecule has 5 rings (SSSR count). The first-order valence-electron chi connectivity index (χ1n) is 9.57. The zero-order valence-corrected chi connectivity index (χ0v) is 16.4. The minimum Gasteiger partial charge on any atom is -0.378 e. The highest BCUT2D eigenvalue weighted by Crippen LogP contribution is 2.46. The Morgan fingerprint density at radius 2 is 1.81 bits per heavy atom. The van der Waals surface area contributed by atoms with Crippen LogP contribution in [0.2, 0.25) is 10.0 Å². The zero-order valence-electron chi connectivity index (χ0n) is 14.9. The van der Waals surface area contributed by atoms with E-state index in [0.717, 1.165) is 55.8 Å². The van der Waals surface area contributed by atoms with Gasteiger partial charge in [0.2, 0.25) is 0 Å². The molecular formula is C20H22Cl2N2O3. The molecule has 2 unspecified atom stereocenters. The maximum absolute atomic E-state index is 6.42. The first-order chi connectivity index (χ1) is 13.2. The topological polar surface area (TPSA) is 56.5 Å². The highest BCUT2D eigenvalue weighted by molar-refractivity contribution is 6.39. The fraction of sp³-hybridized carbons (Fsp3) is 0.550. The normalized spacial score (nSPS) is 27.7. The van der Waals surface area contributed by atoms with Gasteiger partial charge in [-0.25, -0.2) is 0 Å². The third-order valence-corrected chi connectivity index (χ3v) is 6.26. The van der Waals surface area contributed by atoms with Crippen LogP contribution in [-0.2, 0) is 16.1 Å². The molecule has 3 heterocycles. The lowest BCUT2D eigenvalue weighted by Gasteiger charge is -2.39. The molecule has 2 saturated heterocycles. The van der Waals surface area contributed by atoms with Crippen molar-refractivity contribution in [3.8, 4) is 11.3 Å². The summed E-state index contributed by atoms with van der Waals surface area (Å²) >= 11 is 12.8. The van der Waals surface area contributed by atoms with Gasteiger partial charge in [0.15, 0.2) is 0 Å². The molecule has 2 atom stereocenters. The SMILES string of the molecule is Clc1cccc(Cl)c1-c1noc(C2CC2)c1COC1CC2COCC(C1)N2. The van der Waals surface area contributed by atoms with Crippen LogP contribution in [0.5, 0.6) is 0 Å². The molecule has 5 nitrogen and oxygen atoms in total. The van der Waals surface area contributed by atoms with E-state index in [0.29, 0.717) is 40.3 Å². The van der Waals surface area contributed by atoms with Gasteiger partial charge in [-0.05, 0) is 37.8 Å². The second-order valence-electron chi connectivity index (χ2n) is 7.75. The van der Waals surface area contributed by atoms with Crippen molar-refractivity contribution >= 4 is 23.2 Å². The van der Waals surface area contributed by atoms with E-state index < -0.39 is 0 Å². The lowest BCUT2D eigenvalue weighted by Crippen LogP contribution is -2.55. The van der Waals surface area contributed by atoms with Gasteiger partial charge in [-0.2, -0.15) is 0 Å². The number of piperidine rings is 1. The van der Waals surface area contributed by atoms with Gasteiger partial charge < -0.3 is 19.3 Å². The molecule has 3 aliphatic rings. The van der Waals surface area contributed by atoms with Gasteiger partial charge in [-0.15, -0.1) is 0 Å². The number of rotatable bonds is 5. The molecule has 1 aromatic heterocycles. The Kier molecular flexibility index (Phi) is 4.90. The van der Waals surface area contributed by atoms with Crippen LogP contribution in [0.25, 0.3) is 11.3 Å². The van der Waals surface area contributed by atoms with Gasteiger partial charge >= 0.3 is 0 Å². The van der Waals surface area contributed by atoms with Crippen LogP contribution >= 0.6 is 23.2 Å². The number of morpholine rings is 1. The third kappa shape index (κ3) is 3.64. The van der Waals surface area contributed by atoms with Gasteiger partial charge in [-0.1, -0.05) is 34.4 Å². The first kappa shape index (κ1) is 18.0. The Bertz CT molecular complexity index is 804. The Balaban J connectivity index is 1.40. The van der Waals surface area contributed by atoms with E-state index in [-0.39, 0.29) is 6.10 Å². The van der Waals surface area contributed by atoms with Crippen LogP contribution in [0, 0.1) is 0 Å². The molecule has 27 heavy (non-hydrogen) atoms. The molecular weight excluding hydrogens is 387 g/mol. The summed E-state index contributed by atoms with van der Waals surface area (Å²) in [7, 11) is 0. The summed E-state index contributed by atoms with van der Waals surface area (Å²) in [6, 6.07) is 6.25. The largest absolute Gasteiger partial charge is 0.378 e. The van der Waals surface area contributed by atoms with Crippen molar-refractivity contribution in [2.75, 3.05) is 13.2 Å². The van der Waals surface area contributed by atoms with E-state index in [1.165, 1.54) is 0 Å². The number of benzene rings is 1. The maximum Gasteiger partial charge on any atom is 0.145 e. The Hall–Kier alpha value is -1.11. The van der Waals surface area contributed by atoms with Crippen molar-refractivity contribution < 1.29 is 14.0 Å². The van der Waals surface area contributed by atoms with Crippen LogP contribution < -0.4 is 5.32 Å². The van der Waals surface area contributed by atoms with Crippen molar-refractivity contribution in [2.24, 2.45) is 0 Å². The van der Waals surface area contributed by atoms with Gasteiger partial charge in [-0.3, -0.25) is 0 Å². The molecule has 1 aliphatic carbocycles. The molecule has 1 aromatic carbocycles. The van der Waals surface area contributed by atoms with Crippen LogP contribution in [0.1, 0.15) is 42.9 Å². The standard InChI is InChI=1S/C20H22Cl2N2O3/c21-16-2-1-3-17(22)18(16)19-15(20(27-24-19)11-4-5-11)10-26-14-6-12-8-25-9-13(7-14)23-12/h1-3,11-14,23H,4-10H2. The maximum atomic E-state index is 6.42. The highest BCUT2D eigenvalue weighted by Gasteiger charge is 2.35. The highest BCUT2D eigenvalue weighted by atomic mass is 35.5. The summed E-state index contributed by atoms with van der Waals surface area (Å²) in [5, 5.41) is 9.08. The van der Waals surface area contributed by atoms with Crippen LogP contribution in [0.4, 0.5) is 0 Å². The predicted molar refractivity (Wildman–Crippen MR) is 103 cm³/mol. The summed E-state index contributed by atoms with van der Waals surface area (Å²) in [6.07, 6.45) is 4.40. The third-order valence-electron chi connectivity index (χ3n) is 5.63. The number of ether oxygens (including phenoxy) is 2. The fourth-order valence-electron chi connectivity index (χ4n) is 4.17. The quantitative estimate of drug-likeness (QED) is 0.785. The number of aromatic nitrogens is 1. The van der Waals surface area contributed by atoms with Crippen molar-refractivity contribution in [1.82, 2.24) is 10.5 Å². The molecule has 2 bridgehead atoms. The van der Waals surface area contributed by atoms with Crippen LogP contribution in [0.15, 0.2) is 22.7 Å². The monoisotopic (exact) mass is 408 g/mol. The van der Waals surface area contributed by atoms with E-state index in [9.17, 15) is 0 Å². The smallest absolute Gasteiger partial charge is 0.145 e. The molecule has 3 fully saturated rings. The van der Waals surface area contributed by atoms with E-state index in [2.05, 4.69) is 10.5 Å². The zero-order chi connectivity index (χ0) is 18.4. The molecule has 1 N–H and O–H groups in total. The number of hydrogen-bond donors (Lipinski definition) is 1. The van der Waals surface area contributed by atoms with E-state index >= 15 is 0 Å². The average molecular weight is 409 g/mol. The van der Waals surface area contributed by atoms with Crippen LogP contribution in [-0.4, -0.2) is 36.6 Å². The number of nitrogens with zero attached hydrogens (tertiary/aromatic N) is 1. The van der Waals surface area contributed by atoms with E-state index in [1.807, 2.05) is 18.2 Å².